The molecular weight excluding hydrogens is 504 g/mol. The third kappa shape index (κ3) is 4.78. The summed E-state index contributed by atoms with van der Waals surface area (Å²) >= 11 is 0. The summed E-state index contributed by atoms with van der Waals surface area (Å²) in [4.78, 5) is 23.0. The van der Waals surface area contributed by atoms with Crippen LogP contribution < -0.4 is 5.73 Å². The lowest BCUT2D eigenvalue weighted by Gasteiger charge is -2.39. The minimum atomic E-state index is -4.71. The van der Waals surface area contributed by atoms with Gasteiger partial charge in [0.2, 0.25) is 0 Å². The monoisotopic (exact) mass is 528 g/mol. The Morgan fingerprint density at radius 2 is 1.92 bits per heavy atom. The van der Waals surface area contributed by atoms with E-state index in [2.05, 4.69) is 15.1 Å². The van der Waals surface area contributed by atoms with Gasteiger partial charge in [0.1, 0.15) is 17.7 Å². The number of carbonyl (C=O) groups is 1. The lowest BCUT2D eigenvalue weighted by molar-refractivity contribution is -0.136. The molecule has 12 heteroatoms. The second-order valence-corrected chi connectivity index (χ2v) is 9.56. The van der Waals surface area contributed by atoms with Crippen LogP contribution in [0.2, 0.25) is 0 Å². The highest BCUT2D eigenvalue weighted by molar-refractivity contribution is 5.96. The summed E-state index contributed by atoms with van der Waals surface area (Å²) in [6, 6.07) is 8.21. The zero-order valence-corrected chi connectivity index (χ0v) is 20.3. The van der Waals surface area contributed by atoms with Crippen LogP contribution in [-0.2, 0) is 12.6 Å². The van der Waals surface area contributed by atoms with Crippen molar-refractivity contribution in [3.05, 3.63) is 77.1 Å². The Hall–Kier alpha value is -4.06. The maximum Gasteiger partial charge on any atom is 0.418 e. The van der Waals surface area contributed by atoms with Crippen molar-refractivity contribution in [1.29, 1.82) is 0 Å². The van der Waals surface area contributed by atoms with Crippen LogP contribution in [0.4, 0.5) is 23.4 Å². The van der Waals surface area contributed by atoms with Gasteiger partial charge in [-0.2, -0.15) is 18.3 Å². The molecule has 4 aromatic rings. The first kappa shape index (κ1) is 25.6. The zero-order valence-electron chi connectivity index (χ0n) is 20.3. The number of benzene rings is 1. The fourth-order valence-corrected chi connectivity index (χ4v) is 4.96. The molecule has 8 nitrogen and oxygen atoms in total. The van der Waals surface area contributed by atoms with E-state index in [-0.39, 0.29) is 46.9 Å². The number of hydrogen-bond acceptors (Lipinski definition) is 6. The second kappa shape index (κ2) is 9.35. The summed E-state index contributed by atoms with van der Waals surface area (Å²) < 4.78 is 55.6. The summed E-state index contributed by atoms with van der Waals surface area (Å²) in [7, 11) is 0. The number of aromatic nitrogens is 4. The van der Waals surface area contributed by atoms with Gasteiger partial charge in [0, 0.05) is 24.7 Å². The van der Waals surface area contributed by atoms with Crippen molar-refractivity contribution in [3.63, 3.8) is 0 Å². The van der Waals surface area contributed by atoms with Gasteiger partial charge in [0.25, 0.3) is 5.91 Å². The van der Waals surface area contributed by atoms with Gasteiger partial charge < -0.3 is 15.7 Å². The van der Waals surface area contributed by atoms with Crippen molar-refractivity contribution in [2.75, 3.05) is 18.8 Å². The number of nitrogen functional groups attached to an aromatic ring is 1. The lowest BCUT2D eigenvalue weighted by Crippen LogP contribution is -2.51. The van der Waals surface area contributed by atoms with E-state index < -0.39 is 23.2 Å². The number of halogens is 4. The van der Waals surface area contributed by atoms with Crippen LogP contribution in [0, 0.1) is 12.7 Å². The van der Waals surface area contributed by atoms with E-state index in [1.54, 1.807) is 19.1 Å². The summed E-state index contributed by atoms with van der Waals surface area (Å²) in [6.45, 7) is 2.07. The zero-order chi connectivity index (χ0) is 27.2. The SMILES string of the molecule is Cc1ncc(-c2cc(C(F)(F)F)c3c(N)ncnn23)cc1C(=O)N1CCCC(O)(Cc2ccc(F)cc2)C1. The molecule has 0 saturated carbocycles. The highest BCUT2D eigenvalue weighted by atomic mass is 19.4. The van der Waals surface area contributed by atoms with Crippen LogP contribution in [0.25, 0.3) is 16.8 Å². The van der Waals surface area contributed by atoms with Crippen LogP contribution >= 0.6 is 0 Å². The van der Waals surface area contributed by atoms with Crippen LogP contribution in [0.3, 0.4) is 0 Å². The Kier molecular flexibility index (Phi) is 6.30. The van der Waals surface area contributed by atoms with Gasteiger partial charge in [-0.1, -0.05) is 12.1 Å². The third-order valence-electron chi connectivity index (χ3n) is 6.79. The van der Waals surface area contributed by atoms with E-state index in [9.17, 15) is 27.5 Å². The van der Waals surface area contributed by atoms with Gasteiger partial charge >= 0.3 is 6.18 Å². The Morgan fingerprint density at radius 3 is 2.63 bits per heavy atom. The van der Waals surface area contributed by atoms with Gasteiger partial charge in [0.15, 0.2) is 5.82 Å². The molecule has 1 aromatic carbocycles. The molecule has 1 amide bonds. The smallest absolute Gasteiger partial charge is 0.388 e. The molecule has 38 heavy (non-hydrogen) atoms. The highest BCUT2D eigenvalue weighted by Gasteiger charge is 2.38. The van der Waals surface area contributed by atoms with E-state index in [0.29, 0.717) is 25.1 Å². The number of β-amino-alcohol motifs (C(OH)–C–C–N with tert-alkyl or cyclic N) is 1. The average Bonchev–Trinajstić information content (AvgIpc) is 3.27. The summed E-state index contributed by atoms with van der Waals surface area (Å²) in [5.41, 5.74) is 4.76. The predicted molar refractivity (Wildman–Crippen MR) is 131 cm³/mol. The molecule has 5 rings (SSSR count). The molecule has 4 heterocycles. The van der Waals surface area contributed by atoms with E-state index >= 15 is 0 Å². The number of nitrogens with two attached hydrogens (primary N) is 1. The van der Waals surface area contributed by atoms with Crippen molar-refractivity contribution in [2.24, 2.45) is 0 Å². The topological polar surface area (TPSA) is 110 Å². The Morgan fingerprint density at radius 1 is 1.18 bits per heavy atom. The highest BCUT2D eigenvalue weighted by Crippen LogP contribution is 2.39. The van der Waals surface area contributed by atoms with Gasteiger partial charge in [-0.3, -0.25) is 9.78 Å². The number of hydrogen-bond donors (Lipinski definition) is 2. The molecule has 0 aliphatic carbocycles. The van der Waals surface area contributed by atoms with E-state index in [1.165, 1.54) is 29.3 Å². The van der Waals surface area contributed by atoms with Crippen molar-refractivity contribution in [2.45, 2.75) is 38.0 Å². The van der Waals surface area contributed by atoms with Crippen molar-refractivity contribution in [1.82, 2.24) is 24.5 Å². The Bertz CT molecular complexity index is 1520. The van der Waals surface area contributed by atoms with E-state index in [1.807, 2.05) is 0 Å². The van der Waals surface area contributed by atoms with Gasteiger partial charge in [0.05, 0.1) is 34.7 Å². The molecule has 0 bridgehead atoms. The standard InChI is InChI=1S/C26H24F4N6O2/c1-15-19(24(37)35-8-2-7-25(38,13-35)11-16-3-5-18(27)6-4-16)9-17(12-32-15)21-10-20(26(28,29)30)22-23(31)33-14-34-36(21)22/h3-6,9-10,12,14,38H,2,7-8,11,13H2,1H3,(H2,31,33,34). The summed E-state index contributed by atoms with van der Waals surface area (Å²) in [5, 5.41) is 15.2. The molecule has 1 atom stereocenters. The maximum atomic E-state index is 13.7. The predicted octanol–water partition coefficient (Wildman–Crippen LogP) is 4.05. The normalized spacial score (nSPS) is 18.2. The maximum absolute atomic E-state index is 13.7. The minimum absolute atomic E-state index is 0.0446. The molecule has 1 fully saturated rings. The largest absolute Gasteiger partial charge is 0.418 e. The molecule has 1 aliphatic heterocycles. The first-order chi connectivity index (χ1) is 17.9. The number of rotatable bonds is 4. The number of pyridine rings is 1. The van der Waals surface area contributed by atoms with Crippen LogP contribution in [0.5, 0.6) is 0 Å². The molecule has 1 saturated heterocycles. The van der Waals surface area contributed by atoms with Crippen LogP contribution in [-0.4, -0.2) is 54.2 Å². The fraction of sp³-hybridized carbons (Fsp3) is 0.308. The van der Waals surface area contributed by atoms with E-state index in [0.717, 1.165) is 22.5 Å². The fourth-order valence-electron chi connectivity index (χ4n) is 4.96. The molecule has 3 aromatic heterocycles. The number of likely N-dealkylation sites (tertiary alicyclic amines) is 1. The number of piperidine rings is 1. The molecular formula is C26H24F4N6O2. The van der Waals surface area contributed by atoms with Crippen molar-refractivity contribution in [3.8, 4) is 11.3 Å². The third-order valence-corrected chi connectivity index (χ3v) is 6.79. The Labute approximate surface area is 214 Å². The first-order valence-electron chi connectivity index (χ1n) is 11.9. The van der Waals surface area contributed by atoms with Crippen LogP contribution in [0.1, 0.15) is 40.0 Å². The van der Waals surface area contributed by atoms with Crippen molar-refractivity contribution < 1.29 is 27.5 Å². The van der Waals surface area contributed by atoms with Crippen LogP contribution in [0.15, 0.2) is 48.9 Å². The van der Waals surface area contributed by atoms with Gasteiger partial charge in [-0.05, 0) is 49.6 Å². The number of aryl methyl sites for hydroxylation is 1. The van der Waals surface area contributed by atoms with Crippen molar-refractivity contribution >= 4 is 17.2 Å². The van der Waals surface area contributed by atoms with Gasteiger partial charge in [-0.25, -0.2) is 13.9 Å². The molecule has 198 valence electrons. The molecule has 0 spiro atoms. The minimum Gasteiger partial charge on any atom is -0.388 e. The lowest BCUT2D eigenvalue weighted by atomic mass is 9.86. The molecule has 3 N–H and O–H groups in total. The number of fused-ring (bicyclic) bond motifs is 1. The Balaban J connectivity index is 1.47. The second-order valence-electron chi connectivity index (χ2n) is 9.56. The number of alkyl halides is 3. The number of aliphatic hydroxyl groups is 1. The summed E-state index contributed by atoms with van der Waals surface area (Å²) in [6.07, 6.45) is -1.04. The number of nitrogens with zero attached hydrogens (tertiary/aromatic N) is 5. The molecule has 1 aliphatic rings. The quantitative estimate of drug-likeness (QED) is 0.387. The number of anilines is 1. The number of amides is 1. The molecule has 1 unspecified atom stereocenters. The average molecular weight is 529 g/mol. The summed E-state index contributed by atoms with van der Waals surface area (Å²) in [5.74, 6) is -1.11. The van der Waals surface area contributed by atoms with Gasteiger partial charge in [-0.15, -0.1) is 0 Å². The number of carbonyl (C=O) groups excluding carboxylic acids is 1. The van der Waals surface area contributed by atoms with E-state index in [4.69, 9.17) is 5.73 Å². The first-order valence-corrected chi connectivity index (χ1v) is 11.9. The molecule has 0 radical (unpaired) electrons.